The van der Waals surface area contributed by atoms with Crippen LogP contribution in [0.4, 0.5) is 4.79 Å². The number of nitrogens with one attached hydrogen (secondary N) is 2. The molecule has 2 aromatic rings. The maximum absolute atomic E-state index is 11.8. The van der Waals surface area contributed by atoms with Crippen molar-refractivity contribution in [3.8, 4) is 5.75 Å². The average Bonchev–Trinajstić information content (AvgIpc) is 2.58. The molecule has 0 unspecified atom stereocenters. The van der Waals surface area contributed by atoms with Gasteiger partial charge in [0.2, 0.25) is 0 Å². The molecule has 0 aliphatic rings. The van der Waals surface area contributed by atoms with Crippen LogP contribution in [-0.2, 0) is 11.3 Å². The Kier molecular flexibility index (Phi) is 5.99. The van der Waals surface area contributed by atoms with Crippen LogP contribution in [0, 0.1) is 0 Å². The standard InChI is InChI=1S/C17H18N2O4/c20-15-8-6-14(7-9-15)16(21)18-10-11-19-17(22)23-12-13-4-2-1-3-5-13/h1-9,20H,10-12H2,(H,18,21)(H,19,22). The van der Waals surface area contributed by atoms with E-state index in [1.807, 2.05) is 30.3 Å². The third kappa shape index (κ3) is 5.70. The van der Waals surface area contributed by atoms with Crippen molar-refractivity contribution in [3.05, 3.63) is 65.7 Å². The number of alkyl carbamates (subject to hydrolysis) is 1. The summed E-state index contributed by atoms with van der Waals surface area (Å²) in [6.45, 7) is 0.740. The number of carbonyl (C=O) groups is 2. The molecule has 2 amide bonds. The number of benzene rings is 2. The normalized spacial score (nSPS) is 9.91. The number of rotatable bonds is 6. The van der Waals surface area contributed by atoms with E-state index in [2.05, 4.69) is 10.6 Å². The van der Waals surface area contributed by atoms with Gasteiger partial charge in [-0.1, -0.05) is 30.3 Å². The van der Waals surface area contributed by atoms with Crippen LogP contribution in [0.5, 0.6) is 5.75 Å². The van der Waals surface area contributed by atoms with Crippen molar-refractivity contribution in [1.29, 1.82) is 0 Å². The smallest absolute Gasteiger partial charge is 0.407 e. The molecule has 23 heavy (non-hydrogen) atoms. The van der Waals surface area contributed by atoms with Gasteiger partial charge < -0.3 is 20.5 Å². The van der Waals surface area contributed by atoms with Crippen LogP contribution in [-0.4, -0.2) is 30.2 Å². The SMILES string of the molecule is O=C(NCCNC(=O)c1ccc(O)cc1)OCc1ccccc1. The molecule has 120 valence electrons. The van der Waals surface area contributed by atoms with E-state index in [1.54, 1.807) is 0 Å². The van der Waals surface area contributed by atoms with Gasteiger partial charge in [0.15, 0.2) is 0 Å². The Morgan fingerprint density at radius 1 is 0.913 bits per heavy atom. The number of phenols is 1. The lowest BCUT2D eigenvalue weighted by Gasteiger charge is -2.08. The van der Waals surface area contributed by atoms with Crippen molar-refractivity contribution in [1.82, 2.24) is 10.6 Å². The fourth-order valence-corrected chi connectivity index (χ4v) is 1.83. The second-order valence-electron chi connectivity index (χ2n) is 4.79. The minimum Gasteiger partial charge on any atom is -0.508 e. The predicted octanol–water partition coefficient (Wildman–Crippen LogP) is 2.05. The van der Waals surface area contributed by atoms with Crippen molar-refractivity contribution in [2.45, 2.75) is 6.61 Å². The van der Waals surface area contributed by atoms with Crippen LogP contribution < -0.4 is 10.6 Å². The highest BCUT2D eigenvalue weighted by molar-refractivity contribution is 5.94. The lowest BCUT2D eigenvalue weighted by molar-refractivity contribution is 0.0951. The number of ether oxygens (including phenoxy) is 1. The highest BCUT2D eigenvalue weighted by Gasteiger charge is 2.05. The molecule has 3 N–H and O–H groups in total. The summed E-state index contributed by atoms with van der Waals surface area (Å²) in [6.07, 6.45) is -0.535. The number of carbonyl (C=O) groups excluding carboxylic acids is 2. The third-order valence-corrected chi connectivity index (χ3v) is 3.02. The third-order valence-electron chi connectivity index (χ3n) is 3.02. The van der Waals surface area contributed by atoms with E-state index in [4.69, 9.17) is 9.84 Å². The molecule has 0 saturated heterocycles. The molecule has 6 heteroatoms. The topological polar surface area (TPSA) is 87.7 Å². The first-order valence-electron chi connectivity index (χ1n) is 7.17. The Morgan fingerprint density at radius 3 is 2.26 bits per heavy atom. The van der Waals surface area contributed by atoms with Crippen LogP contribution in [0.3, 0.4) is 0 Å². The van der Waals surface area contributed by atoms with E-state index in [1.165, 1.54) is 24.3 Å². The largest absolute Gasteiger partial charge is 0.508 e. The average molecular weight is 314 g/mol. The first kappa shape index (κ1) is 16.4. The molecule has 0 aliphatic heterocycles. The molecule has 0 heterocycles. The van der Waals surface area contributed by atoms with Gasteiger partial charge in [0, 0.05) is 18.7 Å². The summed E-state index contributed by atoms with van der Waals surface area (Å²) in [7, 11) is 0. The zero-order valence-corrected chi connectivity index (χ0v) is 12.5. The highest BCUT2D eigenvalue weighted by atomic mass is 16.5. The van der Waals surface area contributed by atoms with E-state index in [9.17, 15) is 9.59 Å². The van der Waals surface area contributed by atoms with Gasteiger partial charge >= 0.3 is 6.09 Å². The Balaban J connectivity index is 1.62. The first-order valence-corrected chi connectivity index (χ1v) is 7.17. The maximum atomic E-state index is 11.8. The zero-order chi connectivity index (χ0) is 16.5. The summed E-state index contributed by atoms with van der Waals surface area (Å²) in [6, 6.07) is 15.3. The number of hydrogen-bond acceptors (Lipinski definition) is 4. The van der Waals surface area contributed by atoms with Gasteiger partial charge in [-0.2, -0.15) is 0 Å². The van der Waals surface area contributed by atoms with Crippen molar-refractivity contribution in [3.63, 3.8) is 0 Å². The van der Waals surface area contributed by atoms with Gasteiger partial charge in [-0.05, 0) is 29.8 Å². The van der Waals surface area contributed by atoms with Crippen LogP contribution in [0.25, 0.3) is 0 Å². The summed E-state index contributed by atoms with van der Waals surface area (Å²) in [5.74, 6) is -0.172. The van der Waals surface area contributed by atoms with E-state index in [0.717, 1.165) is 5.56 Å². The number of hydrogen-bond donors (Lipinski definition) is 3. The van der Waals surface area contributed by atoms with Crippen molar-refractivity contribution in [2.24, 2.45) is 0 Å². The van der Waals surface area contributed by atoms with Crippen LogP contribution >= 0.6 is 0 Å². The lowest BCUT2D eigenvalue weighted by Crippen LogP contribution is -2.34. The van der Waals surface area contributed by atoms with Gasteiger partial charge in [0.05, 0.1) is 0 Å². The van der Waals surface area contributed by atoms with Crippen LogP contribution in [0.2, 0.25) is 0 Å². The molecule has 0 aliphatic carbocycles. The summed E-state index contributed by atoms with van der Waals surface area (Å²) in [5, 5.41) is 14.4. The summed E-state index contributed by atoms with van der Waals surface area (Å²) >= 11 is 0. The van der Waals surface area contributed by atoms with Crippen molar-refractivity contribution in [2.75, 3.05) is 13.1 Å². The van der Waals surface area contributed by atoms with Crippen molar-refractivity contribution >= 4 is 12.0 Å². The highest BCUT2D eigenvalue weighted by Crippen LogP contribution is 2.09. The Hall–Kier alpha value is -3.02. The number of phenolic OH excluding ortho intramolecular Hbond substituents is 1. The molecule has 2 aromatic carbocycles. The molecule has 0 atom stereocenters. The van der Waals surface area contributed by atoms with Crippen molar-refractivity contribution < 1.29 is 19.4 Å². The van der Waals surface area contributed by atoms with Gasteiger partial charge in [0.1, 0.15) is 12.4 Å². The second kappa shape index (κ2) is 8.43. The van der Waals surface area contributed by atoms with E-state index in [-0.39, 0.29) is 31.4 Å². The second-order valence-corrected chi connectivity index (χ2v) is 4.79. The lowest BCUT2D eigenvalue weighted by atomic mass is 10.2. The van der Waals surface area contributed by atoms with Gasteiger partial charge in [-0.15, -0.1) is 0 Å². The Bertz CT molecular complexity index is 641. The molecule has 0 spiro atoms. The molecular weight excluding hydrogens is 296 g/mol. The minimum absolute atomic E-state index is 0.101. The fraction of sp³-hybridized carbons (Fsp3) is 0.176. The van der Waals surface area contributed by atoms with E-state index in [0.29, 0.717) is 5.56 Å². The van der Waals surface area contributed by atoms with Crippen LogP contribution in [0.15, 0.2) is 54.6 Å². The number of aromatic hydroxyl groups is 1. The molecule has 0 aromatic heterocycles. The Labute approximate surface area is 134 Å². The molecular formula is C17H18N2O4. The summed E-state index contributed by atoms with van der Waals surface area (Å²) in [5.41, 5.74) is 1.35. The van der Waals surface area contributed by atoms with Gasteiger partial charge in [-0.25, -0.2) is 4.79 Å². The van der Waals surface area contributed by atoms with Gasteiger partial charge in [0.25, 0.3) is 5.91 Å². The summed E-state index contributed by atoms with van der Waals surface area (Å²) < 4.78 is 5.04. The first-order chi connectivity index (χ1) is 11.1. The van der Waals surface area contributed by atoms with E-state index >= 15 is 0 Å². The molecule has 6 nitrogen and oxygen atoms in total. The zero-order valence-electron chi connectivity index (χ0n) is 12.5. The predicted molar refractivity (Wildman–Crippen MR) is 85.1 cm³/mol. The fourth-order valence-electron chi connectivity index (χ4n) is 1.83. The minimum atomic E-state index is -0.535. The monoisotopic (exact) mass is 314 g/mol. The van der Waals surface area contributed by atoms with E-state index < -0.39 is 6.09 Å². The molecule has 0 saturated carbocycles. The Morgan fingerprint density at radius 2 is 1.57 bits per heavy atom. The number of amides is 2. The van der Waals surface area contributed by atoms with Crippen LogP contribution in [0.1, 0.15) is 15.9 Å². The molecule has 0 bridgehead atoms. The molecule has 0 radical (unpaired) electrons. The van der Waals surface area contributed by atoms with Gasteiger partial charge in [-0.3, -0.25) is 4.79 Å². The summed E-state index contributed by atoms with van der Waals surface area (Å²) in [4.78, 5) is 23.3. The quantitative estimate of drug-likeness (QED) is 0.712. The maximum Gasteiger partial charge on any atom is 0.407 e. The molecule has 0 fully saturated rings. The molecule has 2 rings (SSSR count).